The largest absolute Gasteiger partial charge is 0.368 e. The summed E-state index contributed by atoms with van der Waals surface area (Å²) in [5.74, 6) is 0. The van der Waals surface area contributed by atoms with Crippen LogP contribution < -0.4 is 21.0 Å². The zero-order valence-electron chi connectivity index (χ0n) is 16.2. The number of para-hydroxylation sites is 1. The molecule has 2 heterocycles. The molecule has 0 saturated carbocycles. The van der Waals surface area contributed by atoms with Gasteiger partial charge in [0.2, 0.25) is 0 Å². The average Bonchev–Trinajstić information content (AvgIpc) is 2.77. The number of benzene rings is 2. The van der Waals surface area contributed by atoms with Gasteiger partial charge in [-0.2, -0.15) is 0 Å². The van der Waals surface area contributed by atoms with Gasteiger partial charge in [-0.3, -0.25) is 14.3 Å². The number of H-pyrrole nitrogens is 1. The number of rotatable bonds is 6. The third-order valence-corrected chi connectivity index (χ3v) is 5.08. The van der Waals surface area contributed by atoms with Crippen molar-refractivity contribution in [3.8, 4) is 0 Å². The van der Waals surface area contributed by atoms with Crippen LogP contribution in [0.3, 0.4) is 0 Å². The van der Waals surface area contributed by atoms with Crippen LogP contribution in [0.15, 0.2) is 76.4 Å². The molecule has 0 atom stereocenters. The fraction of sp³-hybridized carbons (Fsp3) is 0.273. The minimum atomic E-state index is -0.463. The van der Waals surface area contributed by atoms with Gasteiger partial charge in [-0.05, 0) is 17.7 Å². The molecule has 7 nitrogen and oxygen atoms in total. The molecule has 3 aromatic rings. The molecule has 2 aromatic carbocycles. The summed E-state index contributed by atoms with van der Waals surface area (Å²) in [7, 11) is 0. The lowest BCUT2D eigenvalue weighted by Gasteiger charge is -2.36. The Balaban J connectivity index is 1.42. The van der Waals surface area contributed by atoms with Gasteiger partial charge < -0.3 is 14.5 Å². The van der Waals surface area contributed by atoms with Crippen LogP contribution in [0.1, 0.15) is 5.56 Å². The van der Waals surface area contributed by atoms with E-state index in [9.17, 15) is 9.59 Å². The Bertz CT molecular complexity index is 1040. The molecule has 29 heavy (non-hydrogen) atoms. The van der Waals surface area contributed by atoms with Crippen LogP contribution in [-0.4, -0.2) is 35.7 Å². The molecule has 1 saturated heterocycles. The Morgan fingerprint density at radius 2 is 1.45 bits per heavy atom. The molecule has 4 rings (SSSR count). The van der Waals surface area contributed by atoms with Crippen molar-refractivity contribution >= 4 is 11.4 Å². The zero-order chi connectivity index (χ0) is 20.1. The van der Waals surface area contributed by atoms with Gasteiger partial charge >= 0.3 is 5.69 Å². The Hall–Kier alpha value is -3.32. The monoisotopic (exact) mass is 392 g/mol. The number of nitrogens with zero attached hydrogens (tertiary/aromatic N) is 3. The molecule has 0 bridgehead atoms. The molecular weight excluding hydrogens is 368 g/mol. The predicted octanol–water partition coefficient (Wildman–Crippen LogP) is 2.04. The standard InChI is InChI=1S/C22H24N4O3/c27-21-20(25-13-11-24(12-14-25)19-9-5-2-6-10-19)15-26(22(28)23-21)17-29-16-18-7-3-1-4-8-18/h1-10,15H,11-14,16-17H2,(H,23,27,28). The lowest BCUT2D eigenvalue weighted by Crippen LogP contribution is -2.49. The summed E-state index contributed by atoms with van der Waals surface area (Å²) in [5.41, 5.74) is 1.89. The Morgan fingerprint density at radius 3 is 2.14 bits per heavy atom. The van der Waals surface area contributed by atoms with Crippen LogP contribution in [0.25, 0.3) is 0 Å². The van der Waals surface area contributed by atoms with Crippen molar-refractivity contribution in [1.29, 1.82) is 0 Å². The first-order chi connectivity index (χ1) is 14.2. The second-order valence-corrected chi connectivity index (χ2v) is 7.02. The highest BCUT2D eigenvalue weighted by Gasteiger charge is 2.20. The number of ether oxygens (including phenoxy) is 1. The topological polar surface area (TPSA) is 70.6 Å². The minimum absolute atomic E-state index is 0.0848. The van der Waals surface area contributed by atoms with E-state index in [1.165, 1.54) is 10.3 Å². The van der Waals surface area contributed by atoms with Gasteiger partial charge in [-0.1, -0.05) is 48.5 Å². The second-order valence-electron chi connectivity index (χ2n) is 7.02. The first-order valence-corrected chi connectivity index (χ1v) is 9.71. The first-order valence-electron chi connectivity index (χ1n) is 9.71. The summed E-state index contributed by atoms with van der Waals surface area (Å²) in [6.45, 7) is 3.53. The van der Waals surface area contributed by atoms with E-state index in [4.69, 9.17) is 4.74 Å². The van der Waals surface area contributed by atoms with E-state index in [0.29, 0.717) is 25.4 Å². The smallest absolute Gasteiger partial charge is 0.330 e. The number of piperazine rings is 1. The molecule has 150 valence electrons. The van der Waals surface area contributed by atoms with Crippen molar-refractivity contribution in [3.63, 3.8) is 0 Å². The Kier molecular flexibility index (Phi) is 5.76. The third-order valence-electron chi connectivity index (χ3n) is 5.08. The molecule has 0 aliphatic carbocycles. The number of aromatic amines is 1. The van der Waals surface area contributed by atoms with E-state index in [1.54, 1.807) is 6.20 Å². The van der Waals surface area contributed by atoms with Gasteiger partial charge in [0, 0.05) is 38.1 Å². The van der Waals surface area contributed by atoms with E-state index < -0.39 is 5.69 Å². The highest BCUT2D eigenvalue weighted by Crippen LogP contribution is 2.17. The summed E-state index contributed by atoms with van der Waals surface area (Å²) >= 11 is 0. The maximum Gasteiger partial charge on any atom is 0.330 e. The van der Waals surface area contributed by atoms with E-state index in [0.717, 1.165) is 18.7 Å². The van der Waals surface area contributed by atoms with Gasteiger partial charge in [0.25, 0.3) is 5.56 Å². The lowest BCUT2D eigenvalue weighted by molar-refractivity contribution is 0.0608. The minimum Gasteiger partial charge on any atom is -0.368 e. The summed E-state index contributed by atoms with van der Waals surface area (Å²) in [4.78, 5) is 31.3. The second kappa shape index (κ2) is 8.79. The molecule has 1 N–H and O–H groups in total. The van der Waals surface area contributed by atoms with Crippen LogP contribution in [0, 0.1) is 0 Å². The number of aromatic nitrogens is 2. The number of nitrogens with one attached hydrogen (secondary N) is 1. The molecule has 0 radical (unpaired) electrons. The molecule has 1 aliphatic heterocycles. The van der Waals surface area contributed by atoms with E-state index in [-0.39, 0.29) is 12.3 Å². The summed E-state index contributed by atoms with van der Waals surface area (Å²) < 4.78 is 7.06. The molecule has 1 aromatic heterocycles. The third kappa shape index (κ3) is 4.57. The van der Waals surface area contributed by atoms with E-state index >= 15 is 0 Å². The van der Waals surface area contributed by atoms with Gasteiger partial charge in [-0.15, -0.1) is 0 Å². The lowest BCUT2D eigenvalue weighted by atomic mass is 10.2. The van der Waals surface area contributed by atoms with Crippen molar-refractivity contribution < 1.29 is 4.74 Å². The Morgan fingerprint density at radius 1 is 0.828 bits per heavy atom. The molecule has 0 spiro atoms. The first kappa shape index (κ1) is 19.0. The van der Waals surface area contributed by atoms with E-state index in [1.807, 2.05) is 53.4 Å². The normalized spacial score (nSPS) is 14.2. The van der Waals surface area contributed by atoms with E-state index in [2.05, 4.69) is 22.0 Å². The maximum absolute atomic E-state index is 12.4. The molecule has 1 fully saturated rings. The van der Waals surface area contributed by atoms with Crippen molar-refractivity contribution in [2.75, 3.05) is 36.0 Å². The van der Waals surface area contributed by atoms with Gasteiger partial charge in [0.1, 0.15) is 12.4 Å². The fourth-order valence-corrected chi connectivity index (χ4v) is 3.50. The van der Waals surface area contributed by atoms with Gasteiger partial charge in [0.05, 0.1) is 6.61 Å². The number of hydrogen-bond donors (Lipinski definition) is 1. The summed E-state index contributed by atoms with van der Waals surface area (Å²) in [5, 5.41) is 0. The average molecular weight is 392 g/mol. The fourth-order valence-electron chi connectivity index (χ4n) is 3.50. The number of hydrogen-bond acceptors (Lipinski definition) is 5. The highest BCUT2D eigenvalue weighted by molar-refractivity contribution is 5.50. The summed E-state index contributed by atoms with van der Waals surface area (Å²) in [6, 6.07) is 20.0. The molecule has 7 heteroatoms. The van der Waals surface area contributed by atoms with Crippen LogP contribution in [0.4, 0.5) is 11.4 Å². The quantitative estimate of drug-likeness (QED) is 0.695. The molecule has 0 unspecified atom stereocenters. The number of anilines is 2. The van der Waals surface area contributed by atoms with Crippen molar-refractivity contribution in [1.82, 2.24) is 9.55 Å². The summed E-state index contributed by atoms with van der Waals surface area (Å²) in [6.07, 6.45) is 1.60. The van der Waals surface area contributed by atoms with Crippen molar-refractivity contribution in [3.05, 3.63) is 93.3 Å². The van der Waals surface area contributed by atoms with Crippen molar-refractivity contribution in [2.24, 2.45) is 0 Å². The zero-order valence-corrected chi connectivity index (χ0v) is 16.2. The van der Waals surface area contributed by atoms with Crippen LogP contribution >= 0.6 is 0 Å². The highest BCUT2D eigenvalue weighted by atomic mass is 16.5. The van der Waals surface area contributed by atoms with Gasteiger partial charge in [0.15, 0.2) is 0 Å². The van der Waals surface area contributed by atoms with Crippen LogP contribution in [0.2, 0.25) is 0 Å². The van der Waals surface area contributed by atoms with Crippen LogP contribution in [-0.2, 0) is 18.1 Å². The predicted molar refractivity (Wildman–Crippen MR) is 113 cm³/mol. The van der Waals surface area contributed by atoms with Crippen LogP contribution in [0.5, 0.6) is 0 Å². The molecule has 0 amide bonds. The molecule has 1 aliphatic rings. The maximum atomic E-state index is 12.4. The molecular formula is C22H24N4O3. The SMILES string of the molecule is O=c1[nH]c(=O)n(COCc2ccccc2)cc1N1CCN(c2ccccc2)CC1. The Labute approximate surface area is 168 Å². The van der Waals surface area contributed by atoms with Gasteiger partial charge in [-0.25, -0.2) is 4.79 Å². The van der Waals surface area contributed by atoms with Crippen molar-refractivity contribution in [2.45, 2.75) is 13.3 Å².